The van der Waals surface area contributed by atoms with Gasteiger partial charge in [-0.25, -0.2) is 0 Å². The van der Waals surface area contributed by atoms with Gasteiger partial charge in [0.1, 0.15) is 0 Å². The molecule has 1 aliphatic rings. The highest BCUT2D eigenvalue weighted by molar-refractivity contribution is 5.68. The van der Waals surface area contributed by atoms with Crippen LogP contribution in [0.5, 0.6) is 0 Å². The number of nitrogens with zero attached hydrogens (tertiary/aromatic N) is 2. The van der Waals surface area contributed by atoms with E-state index in [2.05, 4.69) is 41.7 Å². The SMILES string of the molecule is CCCn1cc(-c2cccc3c2CCNC3)cn1. The lowest BCUT2D eigenvalue weighted by atomic mass is 9.93. The van der Waals surface area contributed by atoms with Gasteiger partial charge in [0.05, 0.1) is 6.20 Å². The molecule has 1 aromatic carbocycles. The first-order chi connectivity index (χ1) is 8.88. The van der Waals surface area contributed by atoms with Gasteiger partial charge in [0.25, 0.3) is 0 Å². The van der Waals surface area contributed by atoms with Gasteiger partial charge in [0.2, 0.25) is 0 Å². The fourth-order valence-corrected chi connectivity index (χ4v) is 2.66. The summed E-state index contributed by atoms with van der Waals surface area (Å²) in [5.41, 5.74) is 5.54. The summed E-state index contributed by atoms with van der Waals surface area (Å²) in [7, 11) is 0. The van der Waals surface area contributed by atoms with Crippen molar-refractivity contribution in [1.29, 1.82) is 0 Å². The van der Waals surface area contributed by atoms with Crippen LogP contribution in [0.2, 0.25) is 0 Å². The van der Waals surface area contributed by atoms with Crippen molar-refractivity contribution in [3.8, 4) is 11.1 Å². The predicted octanol–water partition coefficient (Wildman–Crippen LogP) is 2.61. The zero-order chi connectivity index (χ0) is 12.4. The van der Waals surface area contributed by atoms with E-state index < -0.39 is 0 Å². The fourth-order valence-electron chi connectivity index (χ4n) is 2.66. The summed E-state index contributed by atoms with van der Waals surface area (Å²) in [6, 6.07) is 6.59. The topological polar surface area (TPSA) is 29.9 Å². The molecule has 0 saturated carbocycles. The molecule has 94 valence electrons. The summed E-state index contributed by atoms with van der Waals surface area (Å²) in [5, 5.41) is 7.86. The molecule has 0 radical (unpaired) electrons. The van der Waals surface area contributed by atoms with Gasteiger partial charge >= 0.3 is 0 Å². The van der Waals surface area contributed by atoms with Gasteiger partial charge in [0, 0.05) is 24.8 Å². The second-order valence-corrected chi connectivity index (χ2v) is 4.86. The summed E-state index contributed by atoms with van der Waals surface area (Å²) in [6.45, 7) is 5.24. The highest BCUT2D eigenvalue weighted by Gasteiger charge is 2.14. The van der Waals surface area contributed by atoms with Gasteiger partial charge < -0.3 is 5.32 Å². The molecule has 1 aromatic heterocycles. The van der Waals surface area contributed by atoms with Crippen LogP contribution in [0.15, 0.2) is 30.6 Å². The molecule has 0 atom stereocenters. The van der Waals surface area contributed by atoms with Crippen LogP contribution in [-0.2, 0) is 19.5 Å². The van der Waals surface area contributed by atoms with E-state index in [1.165, 1.54) is 22.3 Å². The van der Waals surface area contributed by atoms with Gasteiger partial charge in [-0.15, -0.1) is 0 Å². The third-order valence-electron chi connectivity index (χ3n) is 3.54. The minimum absolute atomic E-state index is 0.992. The van der Waals surface area contributed by atoms with Crippen LogP contribution < -0.4 is 5.32 Å². The van der Waals surface area contributed by atoms with Crippen molar-refractivity contribution in [2.75, 3.05) is 6.54 Å². The normalized spacial score (nSPS) is 14.5. The standard InChI is InChI=1S/C15H19N3/c1-2-8-18-11-13(10-17-18)14-5-3-4-12-9-16-7-6-15(12)14/h3-5,10-11,16H,2,6-9H2,1H3. The van der Waals surface area contributed by atoms with Crippen LogP contribution in [0, 0.1) is 0 Å². The molecule has 0 amide bonds. The second kappa shape index (κ2) is 4.94. The minimum atomic E-state index is 0.992. The third kappa shape index (κ3) is 2.06. The van der Waals surface area contributed by atoms with Crippen molar-refractivity contribution in [2.24, 2.45) is 0 Å². The number of aromatic nitrogens is 2. The molecule has 0 fully saturated rings. The Kier molecular flexibility index (Phi) is 3.15. The van der Waals surface area contributed by atoms with Crippen molar-refractivity contribution in [1.82, 2.24) is 15.1 Å². The van der Waals surface area contributed by atoms with Gasteiger partial charge in [0.15, 0.2) is 0 Å². The van der Waals surface area contributed by atoms with E-state index in [9.17, 15) is 0 Å². The van der Waals surface area contributed by atoms with Gasteiger partial charge in [-0.2, -0.15) is 5.10 Å². The first-order valence-electron chi connectivity index (χ1n) is 6.73. The monoisotopic (exact) mass is 241 g/mol. The fraction of sp³-hybridized carbons (Fsp3) is 0.400. The van der Waals surface area contributed by atoms with Crippen LogP contribution in [0.1, 0.15) is 24.5 Å². The minimum Gasteiger partial charge on any atom is -0.312 e. The highest BCUT2D eigenvalue weighted by atomic mass is 15.3. The maximum Gasteiger partial charge on any atom is 0.0568 e. The summed E-state index contributed by atoms with van der Waals surface area (Å²) >= 11 is 0. The van der Waals surface area contributed by atoms with Crippen molar-refractivity contribution in [3.05, 3.63) is 41.7 Å². The third-order valence-corrected chi connectivity index (χ3v) is 3.54. The van der Waals surface area contributed by atoms with E-state index in [1.807, 2.05) is 10.9 Å². The van der Waals surface area contributed by atoms with Crippen molar-refractivity contribution in [3.63, 3.8) is 0 Å². The molecule has 3 heteroatoms. The quantitative estimate of drug-likeness (QED) is 0.895. The Labute approximate surface area is 108 Å². The van der Waals surface area contributed by atoms with Crippen molar-refractivity contribution in [2.45, 2.75) is 32.9 Å². The first kappa shape index (κ1) is 11.5. The van der Waals surface area contributed by atoms with Crippen LogP contribution in [-0.4, -0.2) is 16.3 Å². The Morgan fingerprint density at radius 1 is 1.39 bits per heavy atom. The Morgan fingerprint density at radius 3 is 3.22 bits per heavy atom. The van der Waals surface area contributed by atoms with Crippen molar-refractivity contribution < 1.29 is 0 Å². The Morgan fingerprint density at radius 2 is 2.33 bits per heavy atom. The van der Waals surface area contributed by atoms with E-state index in [1.54, 1.807) is 0 Å². The zero-order valence-corrected chi connectivity index (χ0v) is 10.8. The van der Waals surface area contributed by atoms with Gasteiger partial charge in [-0.3, -0.25) is 4.68 Å². The summed E-state index contributed by atoms with van der Waals surface area (Å²) in [5.74, 6) is 0. The summed E-state index contributed by atoms with van der Waals surface area (Å²) < 4.78 is 2.04. The highest BCUT2D eigenvalue weighted by Crippen LogP contribution is 2.28. The molecule has 0 spiro atoms. The number of aryl methyl sites for hydroxylation is 1. The van der Waals surface area contributed by atoms with Crippen LogP contribution >= 0.6 is 0 Å². The first-order valence-corrected chi connectivity index (χ1v) is 6.73. The molecule has 2 heterocycles. The van der Waals surface area contributed by atoms with E-state index in [0.717, 1.165) is 32.5 Å². The molecular formula is C15H19N3. The lowest BCUT2D eigenvalue weighted by molar-refractivity contribution is 0.603. The average molecular weight is 241 g/mol. The van der Waals surface area contributed by atoms with E-state index in [-0.39, 0.29) is 0 Å². The van der Waals surface area contributed by atoms with Crippen molar-refractivity contribution >= 4 is 0 Å². The second-order valence-electron chi connectivity index (χ2n) is 4.86. The zero-order valence-electron chi connectivity index (χ0n) is 10.8. The van der Waals surface area contributed by atoms with Gasteiger partial charge in [-0.05, 0) is 36.1 Å². The molecule has 2 aromatic rings. The van der Waals surface area contributed by atoms with E-state index >= 15 is 0 Å². The van der Waals surface area contributed by atoms with Crippen LogP contribution in [0.25, 0.3) is 11.1 Å². The predicted molar refractivity (Wildman–Crippen MR) is 73.4 cm³/mol. The molecule has 1 N–H and O–H groups in total. The summed E-state index contributed by atoms with van der Waals surface area (Å²) in [6.07, 6.45) is 6.40. The van der Waals surface area contributed by atoms with Gasteiger partial charge in [-0.1, -0.05) is 25.1 Å². The molecule has 0 bridgehead atoms. The largest absolute Gasteiger partial charge is 0.312 e. The maximum atomic E-state index is 4.43. The number of fused-ring (bicyclic) bond motifs is 1. The molecule has 0 unspecified atom stereocenters. The van der Waals surface area contributed by atoms with E-state index in [0.29, 0.717) is 0 Å². The number of hydrogen-bond acceptors (Lipinski definition) is 2. The van der Waals surface area contributed by atoms with E-state index in [4.69, 9.17) is 0 Å². The molecule has 1 aliphatic heterocycles. The Hall–Kier alpha value is -1.61. The smallest absolute Gasteiger partial charge is 0.0568 e. The molecule has 0 aliphatic carbocycles. The Balaban J connectivity index is 2.00. The Bertz CT molecular complexity index is 542. The summed E-state index contributed by atoms with van der Waals surface area (Å²) in [4.78, 5) is 0. The molecule has 0 saturated heterocycles. The average Bonchev–Trinajstić information content (AvgIpc) is 2.87. The van der Waals surface area contributed by atoms with Crippen LogP contribution in [0.3, 0.4) is 0 Å². The molecule has 18 heavy (non-hydrogen) atoms. The molecular weight excluding hydrogens is 222 g/mol. The lowest BCUT2D eigenvalue weighted by Gasteiger charge is -2.19. The molecule has 3 rings (SSSR count). The number of hydrogen-bond donors (Lipinski definition) is 1. The number of nitrogens with one attached hydrogen (secondary N) is 1. The number of benzene rings is 1. The molecule has 3 nitrogen and oxygen atoms in total. The maximum absolute atomic E-state index is 4.43. The number of rotatable bonds is 3. The van der Waals surface area contributed by atoms with Crippen LogP contribution in [0.4, 0.5) is 0 Å². The lowest BCUT2D eigenvalue weighted by Crippen LogP contribution is -2.23.